The van der Waals surface area contributed by atoms with Gasteiger partial charge in [0.15, 0.2) is 0 Å². The van der Waals surface area contributed by atoms with Gasteiger partial charge in [0.1, 0.15) is 0 Å². The molecule has 0 heterocycles. The van der Waals surface area contributed by atoms with E-state index in [1.54, 1.807) is 0 Å². The average Bonchev–Trinajstić information content (AvgIpc) is 2.99. The Labute approximate surface area is 108 Å². The first-order valence-electron chi connectivity index (χ1n) is 6.94. The molecule has 4 fully saturated rings. The summed E-state index contributed by atoms with van der Waals surface area (Å²) in [5, 5.41) is 2.67. The molecule has 3 N–H and O–H groups in total. The molecule has 0 aromatic rings. The smallest absolute Gasteiger partial charge is 0.236 e. The normalized spacial score (nSPS) is 43.1. The van der Waals surface area contributed by atoms with E-state index in [1.165, 1.54) is 19.3 Å². The monoisotopic (exact) mass is 250 g/mol. The summed E-state index contributed by atoms with van der Waals surface area (Å²) in [5.41, 5.74) is 5.72. The summed E-state index contributed by atoms with van der Waals surface area (Å²) in [6.07, 6.45) is 4.77. The maximum absolute atomic E-state index is 12.0. The molecule has 0 radical (unpaired) electrons. The van der Waals surface area contributed by atoms with Crippen molar-refractivity contribution in [2.24, 2.45) is 34.3 Å². The van der Waals surface area contributed by atoms with Crippen LogP contribution >= 0.6 is 0 Å². The lowest BCUT2D eigenvalue weighted by atomic mass is 9.44. The average molecular weight is 250 g/mol. The number of fused-ring (bicyclic) bond motifs is 1. The van der Waals surface area contributed by atoms with Gasteiger partial charge in [0, 0.05) is 5.92 Å². The van der Waals surface area contributed by atoms with Gasteiger partial charge in [-0.15, -0.1) is 0 Å². The zero-order valence-electron chi connectivity index (χ0n) is 11.2. The van der Waals surface area contributed by atoms with Crippen molar-refractivity contribution in [2.45, 2.75) is 39.5 Å². The fourth-order valence-electron chi connectivity index (χ4n) is 4.73. The third kappa shape index (κ3) is 1.44. The highest BCUT2D eigenvalue weighted by Crippen LogP contribution is 2.76. The molecule has 18 heavy (non-hydrogen) atoms. The summed E-state index contributed by atoms with van der Waals surface area (Å²) >= 11 is 0. The zero-order chi connectivity index (χ0) is 13.1. The molecule has 2 bridgehead atoms. The van der Waals surface area contributed by atoms with Gasteiger partial charge < -0.3 is 11.1 Å². The van der Waals surface area contributed by atoms with Crippen molar-refractivity contribution in [2.75, 3.05) is 6.54 Å². The number of primary amides is 1. The van der Waals surface area contributed by atoms with Crippen LogP contribution in [0.1, 0.15) is 39.5 Å². The predicted molar refractivity (Wildman–Crippen MR) is 67.4 cm³/mol. The van der Waals surface area contributed by atoms with Gasteiger partial charge in [0.25, 0.3) is 0 Å². The number of rotatable bonds is 3. The van der Waals surface area contributed by atoms with Gasteiger partial charge in [-0.1, -0.05) is 13.8 Å². The van der Waals surface area contributed by atoms with Crippen LogP contribution < -0.4 is 11.1 Å². The maximum Gasteiger partial charge on any atom is 0.236 e. The molecular formula is C14H22N2O2. The Balaban J connectivity index is 1.66. The molecule has 4 atom stereocenters. The van der Waals surface area contributed by atoms with Crippen LogP contribution in [0.4, 0.5) is 0 Å². The molecule has 2 unspecified atom stereocenters. The van der Waals surface area contributed by atoms with E-state index in [0.29, 0.717) is 11.3 Å². The number of amides is 2. The van der Waals surface area contributed by atoms with Crippen molar-refractivity contribution < 1.29 is 9.59 Å². The van der Waals surface area contributed by atoms with Crippen LogP contribution in [-0.2, 0) is 9.59 Å². The van der Waals surface area contributed by atoms with E-state index < -0.39 is 5.91 Å². The molecule has 4 nitrogen and oxygen atoms in total. The molecule has 2 amide bonds. The lowest BCUT2D eigenvalue weighted by Crippen LogP contribution is -2.54. The van der Waals surface area contributed by atoms with Crippen LogP contribution in [0.5, 0.6) is 0 Å². The summed E-state index contributed by atoms with van der Waals surface area (Å²) in [6.45, 7) is 4.68. The molecule has 1 spiro atoms. The molecule has 100 valence electrons. The number of nitrogens with two attached hydrogens (primary N) is 1. The first kappa shape index (κ1) is 12.0. The number of nitrogens with one attached hydrogen (secondary N) is 1. The van der Waals surface area contributed by atoms with Crippen LogP contribution in [0, 0.1) is 28.6 Å². The van der Waals surface area contributed by atoms with Crippen molar-refractivity contribution in [1.82, 2.24) is 5.32 Å². The second-order valence-electron chi connectivity index (χ2n) is 7.02. The van der Waals surface area contributed by atoms with Gasteiger partial charge in [-0.3, -0.25) is 9.59 Å². The van der Waals surface area contributed by atoms with Crippen LogP contribution in [-0.4, -0.2) is 18.4 Å². The van der Waals surface area contributed by atoms with E-state index in [2.05, 4.69) is 19.2 Å². The molecule has 4 aliphatic carbocycles. The highest BCUT2D eigenvalue weighted by Gasteiger charge is 2.71. The highest BCUT2D eigenvalue weighted by molar-refractivity contribution is 5.87. The summed E-state index contributed by atoms with van der Waals surface area (Å²) in [4.78, 5) is 22.7. The molecule has 0 aromatic carbocycles. The standard InChI is InChI=1S/C14H22N2O2/c1-13(2)8-3-4-14(10(13)5-8)6-9(14)12(18)16-7-11(15)17/h8-10H,3-7H2,1-2H3,(H2,15,17)(H,16,18)/t8-,9?,10+,14?/m0/s1. The first-order chi connectivity index (χ1) is 8.38. The molecule has 0 aliphatic heterocycles. The van der Waals surface area contributed by atoms with Crippen molar-refractivity contribution in [3.05, 3.63) is 0 Å². The van der Waals surface area contributed by atoms with Crippen molar-refractivity contribution in [1.29, 1.82) is 0 Å². The zero-order valence-corrected chi connectivity index (χ0v) is 11.2. The Morgan fingerprint density at radius 3 is 2.67 bits per heavy atom. The quantitative estimate of drug-likeness (QED) is 0.786. The largest absolute Gasteiger partial charge is 0.368 e. The topological polar surface area (TPSA) is 72.2 Å². The Morgan fingerprint density at radius 1 is 1.39 bits per heavy atom. The van der Waals surface area contributed by atoms with Crippen molar-refractivity contribution in [3.8, 4) is 0 Å². The van der Waals surface area contributed by atoms with Crippen LogP contribution in [0.3, 0.4) is 0 Å². The third-order valence-electron chi connectivity index (χ3n) is 5.99. The van der Waals surface area contributed by atoms with E-state index in [0.717, 1.165) is 12.3 Å². The van der Waals surface area contributed by atoms with Gasteiger partial charge >= 0.3 is 0 Å². The Hall–Kier alpha value is -1.06. The molecule has 4 rings (SSSR count). The molecule has 4 aliphatic rings. The minimum atomic E-state index is -0.467. The molecule has 0 saturated heterocycles. The van der Waals surface area contributed by atoms with Gasteiger partial charge in [0.05, 0.1) is 6.54 Å². The van der Waals surface area contributed by atoms with E-state index in [9.17, 15) is 9.59 Å². The second kappa shape index (κ2) is 3.49. The Morgan fingerprint density at radius 2 is 2.11 bits per heavy atom. The Kier molecular flexibility index (Phi) is 2.32. The number of hydrogen-bond donors (Lipinski definition) is 2. The van der Waals surface area contributed by atoms with E-state index in [4.69, 9.17) is 5.73 Å². The van der Waals surface area contributed by atoms with E-state index in [-0.39, 0.29) is 23.8 Å². The fraction of sp³-hybridized carbons (Fsp3) is 0.857. The lowest BCUT2D eigenvalue weighted by molar-refractivity contribution is -0.137. The summed E-state index contributed by atoms with van der Waals surface area (Å²) in [7, 11) is 0. The van der Waals surface area contributed by atoms with E-state index in [1.807, 2.05) is 0 Å². The first-order valence-corrected chi connectivity index (χ1v) is 6.94. The number of carbonyl (C=O) groups is 2. The van der Waals surface area contributed by atoms with Crippen LogP contribution in [0.15, 0.2) is 0 Å². The Bertz CT molecular complexity index is 416. The highest BCUT2D eigenvalue weighted by atomic mass is 16.2. The third-order valence-corrected chi connectivity index (χ3v) is 5.99. The van der Waals surface area contributed by atoms with Gasteiger partial charge in [-0.25, -0.2) is 0 Å². The molecular weight excluding hydrogens is 228 g/mol. The van der Waals surface area contributed by atoms with Crippen molar-refractivity contribution >= 4 is 11.8 Å². The lowest BCUT2D eigenvalue weighted by Gasteiger charge is -2.61. The van der Waals surface area contributed by atoms with Crippen LogP contribution in [0.25, 0.3) is 0 Å². The number of carbonyl (C=O) groups excluding carboxylic acids is 2. The predicted octanol–water partition coefficient (Wildman–Crippen LogP) is 1.05. The number of hydrogen-bond acceptors (Lipinski definition) is 2. The minimum absolute atomic E-state index is 0.0257. The molecule has 4 heteroatoms. The van der Waals surface area contributed by atoms with Gasteiger partial charge in [0.2, 0.25) is 11.8 Å². The maximum atomic E-state index is 12.0. The van der Waals surface area contributed by atoms with Crippen LogP contribution in [0.2, 0.25) is 0 Å². The van der Waals surface area contributed by atoms with E-state index >= 15 is 0 Å². The fourth-order valence-corrected chi connectivity index (χ4v) is 4.73. The summed E-state index contributed by atoms with van der Waals surface area (Å²) < 4.78 is 0. The van der Waals surface area contributed by atoms with Crippen molar-refractivity contribution in [3.63, 3.8) is 0 Å². The minimum Gasteiger partial charge on any atom is -0.368 e. The van der Waals surface area contributed by atoms with Gasteiger partial charge in [-0.2, -0.15) is 0 Å². The molecule has 0 aromatic heterocycles. The summed E-state index contributed by atoms with van der Waals surface area (Å²) in [5.74, 6) is 1.26. The molecule has 4 saturated carbocycles. The second-order valence-corrected chi connectivity index (χ2v) is 7.02. The summed E-state index contributed by atoms with van der Waals surface area (Å²) in [6, 6.07) is 0. The SMILES string of the molecule is CC1(C)[C@H]2CCC3(CC3C(=O)NCC(N)=O)[C@@H]1C2. The van der Waals surface area contributed by atoms with Gasteiger partial charge in [-0.05, 0) is 48.3 Å².